The van der Waals surface area contributed by atoms with Crippen LogP contribution in [-0.4, -0.2) is 51.3 Å². The third kappa shape index (κ3) is 4.89. The number of carbonyl (C=O) groups is 2. The van der Waals surface area contributed by atoms with Crippen molar-refractivity contribution in [3.63, 3.8) is 0 Å². The molecule has 1 aliphatic rings. The summed E-state index contributed by atoms with van der Waals surface area (Å²) in [5.74, 6) is 0.248. The zero-order chi connectivity index (χ0) is 21.8. The number of primary amides is 1. The van der Waals surface area contributed by atoms with Crippen LogP contribution in [0.5, 0.6) is 0 Å². The summed E-state index contributed by atoms with van der Waals surface area (Å²) < 4.78 is 12.3. The molecule has 0 unspecified atom stereocenters. The van der Waals surface area contributed by atoms with Crippen LogP contribution >= 0.6 is 0 Å². The second-order valence-electron chi connectivity index (χ2n) is 7.29. The number of ether oxygens (including phenoxy) is 1. The molecule has 0 aromatic carbocycles. The fraction of sp³-hybridized carbons (Fsp3) is 0.350. The number of nitrogens with one attached hydrogen (secondary N) is 2. The van der Waals surface area contributed by atoms with E-state index in [-0.39, 0.29) is 23.0 Å². The number of pyridine rings is 1. The van der Waals surface area contributed by atoms with Crippen LogP contribution in [0, 0.1) is 5.92 Å². The molecular formula is C20H23N7O4. The van der Waals surface area contributed by atoms with Gasteiger partial charge in [-0.15, -0.1) is 0 Å². The van der Waals surface area contributed by atoms with E-state index in [1.165, 1.54) is 17.1 Å². The summed E-state index contributed by atoms with van der Waals surface area (Å²) in [6, 6.07) is 3.57. The Kier molecular flexibility index (Phi) is 5.94. The monoisotopic (exact) mass is 425 g/mol. The lowest BCUT2D eigenvalue weighted by molar-refractivity contribution is 0.0699. The zero-order valence-electron chi connectivity index (χ0n) is 17.0. The van der Waals surface area contributed by atoms with E-state index in [2.05, 4.69) is 25.7 Å². The number of nitrogens with zero attached hydrogens (tertiary/aromatic N) is 4. The maximum absolute atomic E-state index is 12.5. The topological polar surface area (TPSA) is 150 Å². The Bertz CT molecular complexity index is 1080. The number of anilines is 2. The number of aryl methyl sites for hydroxylation is 1. The average Bonchev–Trinajstić information content (AvgIpc) is 3.40. The molecule has 4 heterocycles. The Morgan fingerprint density at radius 2 is 2.13 bits per heavy atom. The minimum Gasteiger partial charge on any atom is -0.444 e. The number of nitrogens with two attached hydrogens (primary N) is 1. The van der Waals surface area contributed by atoms with Crippen LogP contribution in [0.25, 0.3) is 11.5 Å². The molecule has 162 valence electrons. The van der Waals surface area contributed by atoms with Crippen LogP contribution in [-0.2, 0) is 11.8 Å². The van der Waals surface area contributed by atoms with Gasteiger partial charge in [0.25, 0.3) is 11.8 Å². The van der Waals surface area contributed by atoms with E-state index >= 15 is 0 Å². The van der Waals surface area contributed by atoms with Gasteiger partial charge in [-0.3, -0.25) is 14.3 Å². The molecule has 2 amide bonds. The Labute approximate surface area is 178 Å². The lowest BCUT2D eigenvalue weighted by Gasteiger charge is -2.22. The Morgan fingerprint density at radius 3 is 2.90 bits per heavy atom. The standard InChI is InChI=1S/C20H23N7O4/c1-27-10-14(17(26-27)18(21)28)24-19(29)15-11-31-20(25-15)13-2-5-22-16(8-13)23-9-12-3-6-30-7-4-12/h2,5,8,10-12H,3-4,6-7,9H2,1H3,(H2,21,28)(H,22,23)(H,24,29). The highest BCUT2D eigenvalue weighted by Crippen LogP contribution is 2.22. The quantitative estimate of drug-likeness (QED) is 0.517. The van der Waals surface area contributed by atoms with Gasteiger partial charge in [0.15, 0.2) is 11.4 Å². The summed E-state index contributed by atoms with van der Waals surface area (Å²) in [6.07, 6.45) is 6.44. The SMILES string of the molecule is Cn1cc(NC(=O)c2coc(-c3ccnc(NCC4CCOCC4)c3)n2)c(C(N)=O)n1. The van der Waals surface area contributed by atoms with Crippen molar-refractivity contribution in [2.24, 2.45) is 18.7 Å². The molecule has 0 radical (unpaired) electrons. The third-order valence-electron chi connectivity index (χ3n) is 4.97. The number of amides is 2. The molecule has 3 aromatic rings. The lowest BCUT2D eigenvalue weighted by Crippen LogP contribution is -2.22. The highest BCUT2D eigenvalue weighted by molar-refractivity contribution is 6.07. The van der Waals surface area contributed by atoms with Gasteiger partial charge in [-0.2, -0.15) is 5.10 Å². The van der Waals surface area contributed by atoms with Gasteiger partial charge in [0.2, 0.25) is 5.89 Å². The summed E-state index contributed by atoms with van der Waals surface area (Å²) in [6.45, 7) is 2.40. The molecule has 4 rings (SSSR count). The van der Waals surface area contributed by atoms with Crippen LogP contribution < -0.4 is 16.4 Å². The van der Waals surface area contributed by atoms with E-state index in [0.29, 0.717) is 17.3 Å². The molecule has 0 aliphatic carbocycles. The molecule has 1 aliphatic heterocycles. The largest absolute Gasteiger partial charge is 0.444 e. The second-order valence-corrected chi connectivity index (χ2v) is 7.29. The van der Waals surface area contributed by atoms with E-state index in [1.807, 2.05) is 6.07 Å². The fourth-order valence-electron chi connectivity index (χ4n) is 3.32. The Balaban J connectivity index is 1.43. The molecule has 1 fully saturated rings. The normalized spacial score (nSPS) is 14.4. The Hall–Kier alpha value is -3.73. The van der Waals surface area contributed by atoms with Crippen molar-refractivity contribution in [3.05, 3.63) is 42.2 Å². The average molecular weight is 425 g/mol. The zero-order valence-corrected chi connectivity index (χ0v) is 17.0. The molecular weight excluding hydrogens is 402 g/mol. The highest BCUT2D eigenvalue weighted by Gasteiger charge is 2.19. The summed E-state index contributed by atoms with van der Waals surface area (Å²) in [4.78, 5) is 32.6. The van der Waals surface area contributed by atoms with Gasteiger partial charge in [0.05, 0.1) is 5.69 Å². The maximum atomic E-state index is 12.5. The molecule has 0 saturated carbocycles. The molecule has 11 heteroatoms. The molecule has 4 N–H and O–H groups in total. The third-order valence-corrected chi connectivity index (χ3v) is 4.97. The predicted octanol–water partition coefficient (Wildman–Crippen LogP) is 1.66. The highest BCUT2D eigenvalue weighted by atomic mass is 16.5. The fourth-order valence-corrected chi connectivity index (χ4v) is 3.32. The first-order valence-corrected chi connectivity index (χ1v) is 9.88. The van der Waals surface area contributed by atoms with E-state index in [4.69, 9.17) is 14.9 Å². The lowest BCUT2D eigenvalue weighted by atomic mass is 10.0. The summed E-state index contributed by atoms with van der Waals surface area (Å²) in [7, 11) is 1.62. The van der Waals surface area contributed by atoms with Crippen molar-refractivity contribution in [2.75, 3.05) is 30.4 Å². The van der Waals surface area contributed by atoms with Gasteiger partial charge in [0.1, 0.15) is 12.1 Å². The van der Waals surface area contributed by atoms with Crippen molar-refractivity contribution < 1.29 is 18.7 Å². The van der Waals surface area contributed by atoms with Crippen LogP contribution in [0.3, 0.4) is 0 Å². The van der Waals surface area contributed by atoms with E-state index in [0.717, 1.165) is 32.6 Å². The summed E-state index contributed by atoms with van der Waals surface area (Å²) >= 11 is 0. The predicted molar refractivity (Wildman–Crippen MR) is 111 cm³/mol. The Morgan fingerprint density at radius 1 is 1.32 bits per heavy atom. The van der Waals surface area contributed by atoms with Gasteiger partial charge in [0, 0.05) is 44.8 Å². The van der Waals surface area contributed by atoms with Crippen LogP contribution in [0.4, 0.5) is 11.5 Å². The van der Waals surface area contributed by atoms with Crippen LogP contribution in [0.2, 0.25) is 0 Å². The van der Waals surface area contributed by atoms with E-state index in [1.54, 1.807) is 19.3 Å². The summed E-state index contributed by atoms with van der Waals surface area (Å²) in [5, 5.41) is 9.85. The first-order valence-electron chi connectivity index (χ1n) is 9.88. The van der Waals surface area contributed by atoms with Gasteiger partial charge in [-0.1, -0.05) is 0 Å². The molecule has 0 bridgehead atoms. The minimum absolute atomic E-state index is 0.0334. The van der Waals surface area contributed by atoms with E-state index in [9.17, 15) is 9.59 Å². The molecule has 1 saturated heterocycles. The van der Waals surface area contributed by atoms with Crippen molar-refractivity contribution in [1.29, 1.82) is 0 Å². The summed E-state index contributed by atoms with van der Waals surface area (Å²) in [5.41, 5.74) is 6.20. The van der Waals surface area contributed by atoms with Crippen molar-refractivity contribution in [2.45, 2.75) is 12.8 Å². The number of rotatable bonds is 7. The second kappa shape index (κ2) is 8.96. The van der Waals surface area contributed by atoms with E-state index < -0.39 is 11.8 Å². The number of oxazole rings is 1. The van der Waals surface area contributed by atoms with Crippen molar-refractivity contribution in [3.8, 4) is 11.5 Å². The van der Waals surface area contributed by atoms with Gasteiger partial charge >= 0.3 is 0 Å². The number of carbonyl (C=O) groups excluding carboxylic acids is 2. The molecule has 11 nitrogen and oxygen atoms in total. The number of hydrogen-bond acceptors (Lipinski definition) is 8. The minimum atomic E-state index is -0.741. The maximum Gasteiger partial charge on any atom is 0.277 e. The van der Waals surface area contributed by atoms with Crippen LogP contribution in [0.1, 0.15) is 33.8 Å². The molecule has 0 spiro atoms. The number of hydrogen-bond donors (Lipinski definition) is 3. The molecule has 3 aromatic heterocycles. The number of aromatic nitrogens is 4. The van der Waals surface area contributed by atoms with Crippen LogP contribution in [0.15, 0.2) is 35.2 Å². The van der Waals surface area contributed by atoms with Gasteiger partial charge in [-0.25, -0.2) is 9.97 Å². The van der Waals surface area contributed by atoms with Gasteiger partial charge in [-0.05, 0) is 30.9 Å². The first kappa shape index (κ1) is 20.5. The van der Waals surface area contributed by atoms with Gasteiger partial charge < -0.3 is 25.5 Å². The smallest absolute Gasteiger partial charge is 0.277 e. The molecule has 0 atom stereocenters. The first-order chi connectivity index (χ1) is 15.0. The van der Waals surface area contributed by atoms with Crippen molar-refractivity contribution in [1.82, 2.24) is 19.7 Å². The van der Waals surface area contributed by atoms with Crippen molar-refractivity contribution >= 4 is 23.3 Å². The molecule has 31 heavy (non-hydrogen) atoms.